The second-order valence-corrected chi connectivity index (χ2v) is 7.92. The van der Waals surface area contributed by atoms with Gasteiger partial charge < -0.3 is 5.32 Å². The van der Waals surface area contributed by atoms with Gasteiger partial charge >= 0.3 is 0 Å². The molecule has 0 bridgehead atoms. The molecule has 4 aromatic rings. The molecule has 0 atom stereocenters. The topological polar surface area (TPSA) is 72.7 Å². The van der Waals surface area contributed by atoms with Crippen LogP contribution in [0.2, 0.25) is 5.02 Å². The first-order chi connectivity index (χ1) is 12.7. The quantitative estimate of drug-likeness (QED) is 0.511. The number of anilines is 1. The number of hydrogen-bond donors (Lipinski definition) is 1. The molecule has 1 N–H and O–H groups in total. The molecular formula is C17H14ClN5OS2. The highest BCUT2D eigenvalue weighted by Crippen LogP contribution is 2.32. The summed E-state index contributed by atoms with van der Waals surface area (Å²) in [6.07, 6.45) is 5.10. The third kappa shape index (κ3) is 3.04. The summed E-state index contributed by atoms with van der Waals surface area (Å²) in [6, 6.07) is 7.08. The Morgan fingerprint density at radius 2 is 2.04 bits per heavy atom. The Morgan fingerprint density at radius 3 is 2.81 bits per heavy atom. The molecule has 0 spiro atoms. The molecule has 0 fully saturated rings. The summed E-state index contributed by atoms with van der Waals surface area (Å²) in [5, 5.41) is 4.73. The highest BCUT2D eigenvalue weighted by Gasteiger charge is 2.16. The molecule has 3 heterocycles. The van der Waals surface area contributed by atoms with Gasteiger partial charge in [0.25, 0.3) is 5.56 Å². The third-order valence-electron chi connectivity index (χ3n) is 3.88. The van der Waals surface area contributed by atoms with Gasteiger partial charge in [-0.15, -0.1) is 11.3 Å². The molecule has 4 rings (SSSR count). The van der Waals surface area contributed by atoms with Gasteiger partial charge in [0.15, 0.2) is 0 Å². The Morgan fingerprint density at radius 1 is 1.23 bits per heavy atom. The van der Waals surface area contributed by atoms with Gasteiger partial charge in [-0.2, -0.15) is 11.8 Å². The molecule has 6 nitrogen and oxygen atoms in total. The van der Waals surface area contributed by atoms with Crippen molar-refractivity contribution in [3.05, 3.63) is 52.3 Å². The van der Waals surface area contributed by atoms with E-state index in [1.165, 1.54) is 22.2 Å². The summed E-state index contributed by atoms with van der Waals surface area (Å²) in [6.45, 7) is 0.784. The lowest BCUT2D eigenvalue weighted by molar-refractivity contribution is 0.967. The van der Waals surface area contributed by atoms with Gasteiger partial charge in [-0.3, -0.25) is 9.36 Å². The van der Waals surface area contributed by atoms with Crippen LogP contribution in [0.3, 0.4) is 0 Å². The van der Waals surface area contributed by atoms with Crippen molar-refractivity contribution in [1.29, 1.82) is 0 Å². The van der Waals surface area contributed by atoms with Crippen LogP contribution in [0.25, 0.3) is 26.1 Å². The van der Waals surface area contributed by atoms with Crippen LogP contribution in [0.4, 0.5) is 5.82 Å². The molecule has 0 unspecified atom stereocenters. The average Bonchev–Trinajstić information content (AvgIpc) is 3.04. The van der Waals surface area contributed by atoms with Crippen molar-refractivity contribution in [2.24, 2.45) is 0 Å². The van der Waals surface area contributed by atoms with E-state index in [-0.39, 0.29) is 5.56 Å². The smallest absolute Gasteiger partial charge is 0.275 e. The van der Waals surface area contributed by atoms with Crippen LogP contribution in [0.5, 0.6) is 0 Å². The second-order valence-electron chi connectivity index (χ2n) is 5.50. The van der Waals surface area contributed by atoms with Crippen molar-refractivity contribution in [3.63, 3.8) is 0 Å². The number of aromatic nitrogens is 4. The highest BCUT2D eigenvalue weighted by atomic mass is 35.5. The molecule has 0 aliphatic rings. The largest absolute Gasteiger partial charge is 0.369 e. The Bertz CT molecular complexity index is 1140. The summed E-state index contributed by atoms with van der Waals surface area (Å²) in [5.41, 5.74) is 1.22. The standard InChI is InChI=1S/C17H14ClN5OS2/c1-25-7-6-19-15-12-13-14(26-16(12)21-8-20-15)17(24)23(9-22-13)11-4-2-10(18)3-5-11/h2-5,8-9H,6-7H2,1H3,(H,19,20,21). The monoisotopic (exact) mass is 403 g/mol. The Balaban J connectivity index is 1.88. The van der Waals surface area contributed by atoms with Crippen LogP contribution >= 0.6 is 34.7 Å². The number of hydrogen-bond acceptors (Lipinski definition) is 7. The number of halogens is 1. The minimum atomic E-state index is -0.129. The van der Waals surface area contributed by atoms with E-state index in [1.54, 1.807) is 42.4 Å². The normalized spacial score (nSPS) is 11.3. The molecular weight excluding hydrogens is 390 g/mol. The fourth-order valence-corrected chi connectivity index (χ4v) is 4.11. The fraction of sp³-hybridized carbons (Fsp3) is 0.176. The van der Waals surface area contributed by atoms with Gasteiger partial charge in [-0.25, -0.2) is 15.0 Å². The van der Waals surface area contributed by atoms with Crippen LogP contribution in [-0.4, -0.2) is 38.1 Å². The van der Waals surface area contributed by atoms with E-state index in [1.807, 2.05) is 0 Å². The summed E-state index contributed by atoms with van der Waals surface area (Å²) < 4.78 is 2.08. The maximum atomic E-state index is 13.0. The average molecular weight is 404 g/mol. The first-order valence-corrected chi connectivity index (χ1v) is 10.4. The van der Waals surface area contributed by atoms with Crippen molar-refractivity contribution in [1.82, 2.24) is 19.5 Å². The van der Waals surface area contributed by atoms with Crippen molar-refractivity contribution in [2.75, 3.05) is 23.9 Å². The first kappa shape index (κ1) is 17.3. The number of nitrogens with one attached hydrogen (secondary N) is 1. The molecule has 9 heteroatoms. The van der Waals surface area contributed by atoms with Gasteiger partial charge in [-0.05, 0) is 30.5 Å². The summed E-state index contributed by atoms with van der Waals surface area (Å²) in [4.78, 5) is 26.9. The second kappa shape index (κ2) is 7.22. The van der Waals surface area contributed by atoms with Gasteiger partial charge in [-0.1, -0.05) is 11.6 Å². The molecule has 1 aromatic carbocycles. The Hall–Kier alpha value is -2.16. The van der Waals surface area contributed by atoms with Gasteiger partial charge in [0.1, 0.15) is 33.5 Å². The molecule has 26 heavy (non-hydrogen) atoms. The molecule has 0 amide bonds. The number of thioether (sulfide) groups is 1. The van der Waals surface area contributed by atoms with E-state index in [4.69, 9.17) is 11.6 Å². The number of benzene rings is 1. The predicted molar refractivity (Wildman–Crippen MR) is 110 cm³/mol. The molecule has 3 aromatic heterocycles. The van der Waals surface area contributed by atoms with E-state index in [0.29, 0.717) is 21.1 Å². The van der Waals surface area contributed by atoms with Gasteiger partial charge in [0.2, 0.25) is 0 Å². The lowest BCUT2D eigenvalue weighted by Crippen LogP contribution is -2.17. The Labute approximate surface area is 162 Å². The van der Waals surface area contributed by atoms with Crippen LogP contribution in [0.15, 0.2) is 41.7 Å². The van der Waals surface area contributed by atoms with Crippen LogP contribution in [0.1, 0.15) is 0 Å². The predicted octanol–water partition coefficient (Wildman–Crippen LogP) is 3.82. The lowest BCUT2D eigenvalue weighted by Gasteiger charge is -2.06. The number of rotatable bonds is 5. The van der Waals surface area contributed by atoms with E-state index in [2.05, 4.69) is 26.5 Å². The summed E-state index contributed by atoms with van der Waals surface area (Å²) >= 11 is 9.02. The van der Waals surface area contributed by atoms with Crippen LogP contribution < -0.4 is 10.9 Å². The lowest BCUT2D eigenvalue weighted by atomic mass is 10.3. The zero-order valence-corrected chi connectivity index (χ0v) is 16.2. The van der Waals surface area contributed by atoms with Crippen LogP contribution in [0, 0.1) is 0 Å². The maximum absolute atomic E-state index is 13.0. The van der Waals surface area contributed by atoms with Crippen molar-refractivity contribution in [3.8, 4) is 5.69 Å². The van der Waals surface area contributed by atoms with Gasteiger partial charge in [0.05, 0.1) is 11.1 Å². The maximum Gasteiger partial charge on any atom is 0.275 e. The van der Waals surface area contributed by atoms with Crippen LogP contribution in [-0.2, 0) is 0 Å². The van der Waals surface area contributed by atoms with Crippen molar-refractivity contribution >= 4 is 61.0 Å². The number of nitrogens with zero attached hydrogens (tertiary/aromatic N) is 4. The molecule has 0 radical (unpaired) electrons. The number of fused-ring (bicyclic) bond motifs is 3. The zero-order valence-electron chi connectivity index (χ0n) is 13.8. The Kier molecular flexibility index (Phi) is 4.80. The molecule has 0 saturated heterocycles. The van der Waals surface area contributed by atoms with E-state index in [0.717, 1.165) is 28.2 Å². The fourth-order valence-electron chi connectivity index (χ4n) is 2.66. The third-order valence-corrected chi connectivity index (χ3v) is 5.82. The van der Waals surface area contributed by atoms with Crippen molar-refractivity contribution in [2.45, 2.75) is 0 Å². The summed E-state index contributed by atoms with van der Waals surface area (Å²) in [5.74, 6) is 1.68. The molecule has 0 aliphatic heterocycles. The molecule has 0 aliphatic carbocycles. The minimum Gasteiger partial charge on any atom is -0.369 e. The highest BCUT2D eigenvalue weighted by molar-refractivity contribution is 7.98. The first-order valence-electron chi connectivity index (χ1n) is 7.82. The van der Waals surface area contributed by atoms with Crippen molar-refractivity contribution < 1.29 is 0 Å². The molecule has 132 valence electrons. The van der Waals surface area contributed by atoms with E-state index < -0.39 is 0 Å². The minimum absolute atomic E-state index is 0.129. The zero-order chi connectivity index (χ0) is 18.1. The van der Waals surface area contributed by atoms with E-state index >= 15 is 0 Å². The molecule has 0 saturated carbocycles. The summed E-state index contributed by atoms with van der Waals surface area (Å²) in [7, 11) is 0. The van der Waals surface area contributed by atoms with E-state index in [9.17, 15) is 4.79 Å². The van der Waals surface area contributed by atoms with Gasteiger partial charge in [0, 0.05) is 17.3 Å². The SMILES string of the molecule is CSCCNc1ncnc2sc3c(=O)n(-c4ccc(Cl)cc4)cnc3c12. The number of thiophene rings is 1.